The van der Waals surface area contributed by atoms with Crippen LogP contribution in [0.5, 0.6) is 11.5 Å². The summed E-state index contributed by atoms with van der Waals surface area (Å²) in [6.45, 7) is 0. The zero-order chi connectivity index (χ0) is 22.4. The second-order valence-corrected chi connectivity index (χ2v) is 9.34. The topological polar surface area (TPSA) is 32.7 Å². The Kier molecular flexibility index (Phi) is 7.29. The van der Waals surface area contributed by atoms with Crippen molar-refractivity contribution in [2.75, 3.05) is 14.1 Å². The molecule has 3 nitrogen and oxygen atoms in total. The molecule has 1 N–H and O–H groups in total. The van der Waals surface area contributed by atoms with Gasteiger partial charge in [0.25, 0.3) is 0 Å². The second kappa shape index (κ2) is 10.3. The normalized spacial score (nSPS) is 21.9. The summed E-state index contributed by atoms with van der Waals surface area (Å²) in [6.07, 6.45) is 5.88. The number of rotatable bonds is 8. The summed E-state index contributed by atoms with van der Waals surface area (Å²) in [4.78, 5) is 2.27. The van der Waals surface area contributed by atoms with Crippen molar-refractivity contribution in [2.24, 2.45) is 5.92 Å². The lowest BCUT2D eigenvalue weighted by Gasteiger charge is -2.46. The van der Waals surface area contributed by atoms with E-state index < -0.39 is 5.60 Å². The third kappa shape index (κ3) is 5.40. The van der Waals surface area contributed by atoms with E-state index in [4.69, 9.17) is 4.74 Å². The molecular formula is C29H35NO2. The van der Waals surface area contributed by atoms with Gasteiger partial charge in [0.15, 0.2) is 0 Å². The van der Waals surface area contributed by atoms with E-state index in [1.54, 1.807) is 0 Å². The van der Waals surface area contributed by atoms with Gasteiger partial charge < -0.3 is 14.7 Å². The fraction of sp³-hybridized carbons (Fsp3) is 0.379. The first-order chi connectivity index (χ1) is 15.5. The molecule has 32 heavy (non-hydrogen) atoms. The van der Waals surface area contributed by atoms with Crippen molar-refractivity contribution in [1.29, 1.82) is 0 Å². The van der Waals surface area contributed by atoms with Gasteiger partial charge in [0.2, 0.25) is 0 Å². The van der Waals surface area contributed by atoms with Gasteiger partial charge in [0.05, 0.1) is 5.60 Å². The SMILES string of the molecule is CN(C)C(c1cccc(Oc2ccccc2)c1)C1CCCCC1(O)CCc1ccccc1. The van der Waals surface area contributed by atoms with Crippen LogP contribution in [0.3, 0.4) is 0 Å². The van der Waals surface area contributed by atoms with Crippen LogP contribution in [0.25, 0.3) is 0 Å². The van der Waals surface area contributed by atoms with E-state index in [2.05, 4.69) is 61.5 Å². The number of para-hydroxylation sites is 1. The number of aliphatic hydroxyl groups is 1. The average Bonchev–Trinajstić information content (AvgIpc) is 2.81. The van der Waals surface area contributed by atoms with Gasteiger partial charge in [-0.05, 0) is 75.2 Å². The third-order valence-electron chi connectivity index (χ3n) is 6.87. The summed E-state index contributed by atoms with van der Waals surface area (Å²) in [6, 6.07) is 29.0. The third-order valence-corrected chi connectivity index (χ3v) is 6.87. The predicted octanol–water partition coefficient (Wildman–Crippen LogP) is 6.64. The molecule has 0 radical (unpaired) electrons. The van der Waals surface area contributed by atoms with Crippen LogP contribution < -0.4 is 4.74 Å². The van der Waals surface area contributed by atoms with Gasteiger partial charge in [-0.2, -0.15) is 0 Å². The molecule has 3 atom stereocenters. The lowest BCUT2D eigenvalue weighted by molar-refractivity contribution is -0.0829. The van der Waals surface area contributed by atoms with Crippen molar-refractivity contribution in [3.63, 3.8) is 0 Å². The molecule has 3 heteroatoms. The maximum absolute atomic E-state index is 11.9. The van der Waals surface area contributed by atoms with Gasteiger partial charge in [0.1, 0.15) is 11.5 Å². The number of hydrogen-bond acceptors (Lipinski definition) is 3. The van der Waals surface area contributed by atoms with Crippen LogP contribution in [-0.2, 0) is 6.42 Å². The first kappa shape index (κ1) is 22.6. The highest BCUT2D eigenvalue weighted by molar-refractivity contribution is 5.35. The van der Waals surface area contributed by atoms with Crippen LogP contribution in [0.4, 0.5) is 0 Å². The summed E-state index contributed by atoms with van der Waals surface area (Å²) in [7, 11) is 4.25. The first-order valence-electron chi connectivity index (χ1n) is 11.8. The van der Waals surface area contributed by atoms with Crippen molar-refractivity contribution >= 4 is 0 Å². The smallest absolute Gasteiger partial charge is 0.127 e. The molecule has 1 aliphatic rings. The van der Waals surface area contributed by atoms with E-state index in [0.717, 1.165) is 43.6 Å². The average molecular weight is 430 g/mol. The van der Waals surface area contributed by atoms with Crippen LogP contribution in [0.15, 0.2) is 84.9 Å². The van der Waals surface area contributed by atoms with Gasteiger partial charge in [-0.3, -0.25) is 0 Å². The van der Waals surface area contributed by atoms with Crippen molar-refractivity contribution in [2.45, 2.75) is 50.2 Å². The summed E-state index contributed by atoms with van der Waals surface area (Å²) in [5.74, 6) is 1.86. The Labute approximate surface area is 192 Å². The molecule has 0 spiro atoms. The van der Waals surface area contributed by atoms with Crippen LogP contribution in [0.1, 0.15) is 49.3 Å². The second-order valence-electron chi connectivity index (χ2n) is 9.34. The highest BCUT2D eigenvalue weighted by atomic mass is 16.5. The van der Waals surface area contributed by atoms with Crippen molar-refractivity contribution in [3.8, 4) is 11.5 Å². The Morgan fingerprint density at radius 2 is 1.59 bits per heavy atom. The van der Waals surface area contributed by atoms with E-state index in [1.165, 1.54) is 17.5 Å². The molecule has 0 heterocycles. The molecular weight excluding hydrogens is 394 g/mol. The summed E-state index contributed by atoms with van der Waals surface area (Å²) >= 11 is 0. The predicted molar refractivity (Wildman–Crippen MR) is 131 cm³/mol. The van der Waals surface area contributed by atoms with Crippen molar-refractivity contribution < 1.29 is 9.84 Å². The minimum absolute atomic E-state index is 0.135. The monoisotopic (exact) mass is 429 g/mol. The Hall–Kier alpha value is -2.62. The van der Waals surface area contributed by atoms with E-state index in [0.29, 0.717) is 0 Å². The molecule has 3 unspecified atom stereocenters. The first-order valence-corrected chi connectivity index (χ1v) is 11.8. The Bertz CT molecular complexity index is 973. The fourth-order valence-electron chi connectivity index (χ4n) is 5.29. The minimum atomic E-state index is -0.667. The van der Waals surface area contributed by atoms with Gasteiger partial charge >= 0.3 is 0 Å². The number of benzene rings is 3. The lowest BCUT2D eigenvalue weighted by atomic mass is 9.67. The molecule has 1 saturated carbocycles. The zero-order valence-electron chi connectivity index (χ0n) is 19.3. The maximum atomic E-state index is 11.9. The molecule has 0 bridgehead atoms. The van der Waals surface area contributed by atoms with Crippen LogP contribution >= 0.6 is 0 Å². The number of aryl methyl sites for hydroxylation is 1. The van der Waals surface area contributed by atoms with Gasteiger partial charge in [-0.25, -0.2) is 0 Å². The molecule has 0 aliphatic heterocycles. The van der Waals surface area contributed by atoms with Crippen LogP contribution in [-0.4, -0.2) is 29.7 Å². The lowest BCUT2D eigenvalue weighted by Crippen LogP contribution is -2.47. The summed E-state index contributed by atoms with van der Waals surface area (Å²) < 4.78 is 6.11. The highest BCUT2D eigenvalue weighted by Gasteiger charge is 2.44. The van der Waals surface area contributed by atoms with Crippen molar-refractivity contribution in [1.82, 2.24) is 4.90 Å². The fourth-order valence-corrected chi connectivity index (χ4v) is 5.29. The van der Waals surface area contributed by atoms with Crippen LogP contribution in [0.2, 0.25) is 0 Å². The van der Waals surface area contributed by atoms with Crippen LogP contribution in [0, 0.1) is 5.92 Å². The zero-order valence-corrected chi connectivity index (χ0v) is 19.3. The largest absolute Gasteiger partial charge is 0.457 e. The van der Waals surface area contributed by atoms with E-state index >= 15 is 0 Å². The Morgan fingerprint density at radius 3 is 2.31 bits per heavy atom. The Balaban J connectivity index is 1.58. The molecule has 168 valence electrons. The molecule has 1 aliphatic carbocycles. The molecule has 3 aromatic carbocycles. The molecule has 0 amide bonds. The van der Waals surface area contributed by atoms with Crippen molar-refractivity contribution in [3.05, 3.63) is 96.1 Å². The van der Waals surface area contributed by atoms with E-state index in [9.17, 15) is 5.11 Å². The Morgan fingerprint density at radius 1 is 0.906 bits per heavy atom. The summed E-state index contributed by atoms with van der Waals surface area (Å²) in [5, 5.41) is 11.9. The van der Waals surface area contributed by atoms with Gasteiger partial charge in [-0.15, -0.1) is 0 Å². The van der Waals surface area contributed by atoms with E-state index in [-0.39, 0.29) is 12.0 Å². The quantitative estimate of drug-likeness (QED) is 0.436. The molecule has 0 saturated heterocycles. The number of ether oxygens (including phenoxy) is 1. The van der Waals surface area contributed by atoms with Gasteiger partial charge in [-0.1, -0.05) is 73.5 Å². The molecule has 0 aromatic heterocycles. The standard InChI is InChI=1S/C29H35NO2/c1-30(2)28(24-14-11-17-26(22-24)32-25-15-7-4-8-16-25)27-18-9-10-20-29(27,31)21-19-23-12-5-3-6-13-23/h3-8,11-17,22,27-28,31H,9-10,18-21H2,1-2H3. The molecule has 4 rings (SSSR count). The molecule has 3 aromatic rings. The minimum Gasteiger partial charge on any atom is -0.457 e. The molecule has 1 fully saturated rings. The van der Waals surface area contributed by atoms with Gasteiger partial charge in [0, 0.05) is 12.0 Å². The highest BCUT2D eigenvalue weighted by Crippen LogP contribution is 2.46. The van der Waals surface area contributed by atoms with E-state index in [1.807, 2.05) is 42.5 Å². The number of hydrogen-bond donors (Lipinski definition) is 1. The maximum Gasteiger partial charge on any atom is 0.127 e. The number of nitrogens with zero attached hydrogens (tertiary/aromatic N) is 1. The summed E-state index contributed by atoms with van der Waals surface area (Å²) in [5.41, 5.74) is 1.83.